The Morgan fingerprint density at radius 1 is 1.07 bits per heavy atom. The Morgan fingerprint density at radius 3 is 2.85 bits per heavy atom. The molecule has 0 aliphatic heterocycles. The quantitative estimate of drug-likeness (QED) is 0.557. The molecule has 0 saturated carbocycles. The third-order valence-electron chi connectivity index (χ3n) is 3.97. The summed E-state index contributed by atoms with van der Waals surface area (Å²) in [6.07, 6.45) is 6.80. The van der Waals surface area contributed by atoms with Gasteiger partial charge in [0.25, 0.3) is 5.91 Å². The maximum absolute atomic E-state index is 12.4. The van der Waals surface area contributed by atoms with Crippen molar-refractivity contribution in [3.8, 4) is 17.2 Å². The normalized spacial score (nSPS) is 10.7. The standard InChI is InChI=1S/C18H16N8O/c27-18(14-4-3-5-15(12-14)26-13-22-23-24-26)21-9-11-25-10-8-20-17(25)16-6-1-2-7-19-16/h1-8,10,12-13H,9,11H2,(H,21,27). The monoisotopic (exact) mass is 360 g/mol. The molecule has 3 heterocycles. The van der Waals surface area contributed by atoms with E-state index in [4.69, 9.17) is 0 Å². The molecule has 1 N–H and O–H groups in total. The smallest absolute Gasteiger partial charge is 0.251 e. The molecule has 4 rings (SSSR count). The Morgan fingerprint density at radius 2 is 2.04 bits per heavy atom. The van der Waals surface area contributed by atoms with E-state index in [2.05, 4.69) is 30.8 Å². The summed E-state index contributed by atoms with van der Waals surface area (Å²) in [6, 6.07) is 12.8. The van der Waals surface area contributed by atoms with Crippen LogP contribution in [0.15, 0.2) is 67.4 Å². The lowest BCUT2D eigenvalue weighted by atomic mass is 10.2. The number of nitrogens with one attached hydrogen (secondary N) is 1. The highest BCUT2D eigenvalue weighted by Gasteiger charge is 2.09. The largest absolute Gasteiger partial charge is 0.350 e. The van der Waals surface area contributed by atoms with Gasteiger partial charge < -0.3 is 9.88 Å². The number of rotatable bonds is 6. The van der Waals surface area contributed by atoms with Crippen molar-refractivity contribution in [2.24, 2.45) is 0 Å². The van der Waals surface area contributed by atoms with Crippen molar-refractivity contribution in [1.82, 2.24) is 40.1 Å². The minimum Gasteiger partial charge on any atom is -0.350 e. The maximum atomic E-state index is 12.4. The number of pyridine rings is 1. The first-order valence-corrected chi connectivity index (χ1v) is 8.35. The number of imidazole rings is 1. The molecule has 0 fully saturated rings. The van der Waals surface area contributed by atoms with Crippen molar-refractivity contribution >= 4 is 5.91 Å². The molecule has 1 aromatic carbocycles. The van der Waals surface area contributed by atoms with Gasteiger partial charge in [-0.25, -0.2) is 9.67 Å². The lowest BCUT2D eigenvalue weighted by molar-refractivity contribution is 0.0952. The van der Waals surface area contributed by atoms with Crippen LogP contribution in [0.25, 0.3) is 17.2 Å². The molecule has 0 unspecified atom stereocenters. The second-order valence-corrected chi connectivity index (χ2v) is 5.72. The fourth-order valence-corrected chi connectivity index (χ4v) is 2.68. The molecule has 0 saturated heterocycles. The Bertz CT molecular complexity index is 1030. The van der Waals surface area contributed by atoms with E-state index >= 15 is 0 Å². The highest BCUT2D eigenvalue weighted by Crippen LogP contribution is 2.13. The van der Waals surface area contributed by atoms with Gasteiger partial charge in [0.15, 0.2) is 5.82 Å². The molecular weight excluding hydrogens is 344 g/mol. The number of hydrogen-bond donors (Lipinski definition) is 1. The van der Waals surface area contributed by atoms with Crippen LogP contribution < -0.4 is 5.32 Å². The summed E-state index contributed by atoms with van der Waals surface area (Å²) in [5.74, 6) is 0.606. The first-order valence-electron chi connectivity index (χ1n) is 8.35. The second-order valence-electron chi connectivity index (χ2n) is 5.72. The van der Waals surface area contributed by atoms with Gasteiger partial charge in [-0.3, -0.25) is 9.78 Å². The summed E-state index contributed by atoms with van der Waals surface area (Å²) >= 11 is 0. The SMILES string of the molecule is O=C(NCCn1ccnc1-c1ccccn1)c1cccc(-n2cnnn2)c1. The van der Waals surface area contributed by atoms with Crippen molar-refractivity contribution < 1.29 is 4.79 Å². The number of amides is 1. The van der Waals surface area contributed by atoms with Crippen LogP contribution in [0.4, 0.5) is 0 Å². The van der Waals surface area contributed by atoms with Crippen molar-refractivity contribution in [2.45, 2.75) is 6.54 Å². The van der Waals surface area contributed by atoms with Crippen molar-refractivity contribution in [3.63, 3.8) is 0 Å². The number of nitrogens with zero attached hydrogens (tertiary/aromatic N) is 7. The van der Waals surface area contributed by atoms with Gasteiger partial charge in [-0.2, -0.15) is 0 Å². The molecule has 0 radical (unpaired) electrons. The van der Waals surface area contributed by atoms with E-state index in [1.54, 1.807) is 30.6 Å². The topological polar surface area (TPSA) is 103 Å². The zero-order valence-corrected chi connectivity index (χ0v) is 14.3. The number of benzene rings is 1. The van der Waals surface area contributed by atoms with Gasteiger partial charge in [-0.1, -0.05) is 12.1 Å². The zero-order chi connectivity index (χ0) is 18.5. The van der Waals surface area contributed by atoms with Gasteiger partial charge in [-0.05, 0) is 40.8 Å². The van der Waals surface area contributed by atoms with E-state index in [9.17, 15) is 4.79 Å². The Balaban J connectivity index is 1.40. The van der Waals surface area contributed by atoms with Crippen molar-refractivity contribution in [2.75, 3.05) is 6.54 Å². The van der Waals surface area contributed by atoms with Crippen LogP contribution in [0.2, 0.25) is 0 Å². The molecule has 0 bridgehead atoms. The minimum absolute atomic E-state index is 0.163. The Hall–Kier alpha value is -3.88. The maximum Gasteiger partial charge on any atom is 0.251 e. The van der Waals surface area contributed by atoms with E-state index in [0.717, 1.165) is 17.2 Å². The zero-order valence-electron chi connectivity index (χ0n) is 14.3. The highest BCUT2D eigenvalue weighted by molar-refractivity contribution is 5.94. The number of aromatic nitrogens is 7. The predicted molar refractivity (Wildman–Crippen MR) is 96.9 cm³/mol. The average molecular weight is 360 g/mol. The number of hydrogen-bond acceptors (Lipinski definition) is 6. The van der Waals surface area contributed by atoms with Crippen molar-refractivity contribution in [3.05, 3.63) is 72.9 Å². The van der Waals surface area contributed by atoms with E-state index in [1.807, 2.05) is 35.0 Å². The third kappa shape index (κ3) is 3.71. The van der Waals surface area contributed by atoms with Gasteiger partial charge in [0.2, 0.25) is 0 Å². The first-order chi connectivity index (χ1) is 13.3. The first kappa shape index (κ1) is 16.6. The summed E-state index contributed by atoms with van der Waals surface area (Å²) in [5.41, 5.74) is 2.06. The van der Waals surface area contributed by atoms with Gasteiger partial charge in [0, 0.05) is 37.2 Å². The molecule has 27 heavy (non-hydrogen) atoms. The van der Waals surface area contributed by atoms with E-state index < -0.39 is 0 Å². The fourth-order valence-electron chi connectivity index (χ4n) is 2.68. The molecule has 3 aromatic heterocycles. The van der Waals surface area contributed by atoms with Crippen LogP contribution in [0, 0.1) is 0 Å². The predicted octanol–water partition coefficient (Wildman–Crippen LogP) is 1.35. The second kappa shape index (κ2) is 7.56. The molecule has 1 amide bonds. The molecule has 0 aliphatic rings. The highest BCUT2D eigenvalue weighted by atomic mass is 16.1. The summed E-state index contributed by atoms with van der Waals surface area (Å²) in [6.45, 7) is 1.05. The summed E-state index contributed by atoms with van der Waals surface area (Å²) < 4.78 is 3.46. The summed E-state index contributed by atoms with van der Waals surface area (Å²) in [7, 11) is 0. The molecule has 4 aromatic rings. The van der Waals surface area contributed by atoms with Crippen molar-refractivity contribution in [1.29, 1.82) is 0 Å². The number of carbonyl (C=O) groups is 1. The van der Waals surface area contributed by atoms with Crippen LogP contribution in [-0.2, 0) is 6.54 Å². The van der Waals surface area contributed by atoms with Crippen LogP contribution in [0.5, 0.6) is 0 Å². The van der Waals surface area contributed by atoms with Crippen LogP contribution >= 0.6 is 0 Å². The van der Waals surface area contributed by atoms with Gasteiger partial charge in [-0.15, -0.1) is 5.10 Å². The number of carbonyl (C=O) groups excluding carboxylic acids is 1. The Kier molecular flexibility index (Phi) is 4.64. The molecular formula is C18H16N8O. The minimum atomic E-state index is -0.163. The summed E-state index contributed by atoms with van der Waals surface area (Å²) in [4.78, 5) is 21.1. The van der Waals surface area contributed by atoms with Crippen LogP contribution in [0.1, 0.15) is 10.4 Å². The van der Waals surface area contributed by atoms with Gasteiger partial charge in [0.05, 0.1) is 5.69 Å². The lowest BCUT2D eigenvalue weighted by Crippen LogP contribution is -2.27. The van der Waals surface area contributed by atoms with Crippen LogP contribution in [0.3, 0.4) is 0 Å². The van der Waals surface area contributed by atoms with Gasteiger partial charge in [0.1, 0.15) is 12.0 Å². The molecule has 9 nitrogen and oxygen atoms in total. The average Bonchev–Trinajstić information content (AvgIpc) is 3.41. The molecule has 0 atom stereocenters. The van der Waals surface area contributed by atoms with E-state index in [1.165, 1.54) is 11.0 Å². The summed E-state index contributed by atoms with van der Waals surface area (Å²) in [5, 5.41) is 14.0. The fraction of sp³-hybridized carbons (Fsp3) is 0.111. The molecule has 9 heteroatoms. The Labute approximate surface area is 154 Å². The van der Waals surface area contributed by atoms with Crippen LogP contribution in [-0.4, -0.2) is 47.2 Å². The third-order valence-corrected chi connectivity index (χ3v) is 3.97. The lowest BCUT2D eigenvalue weighted by Gasteiger charge is -2.09. The molecule has 134 valence electrons. The van der Waals surface area contributed by atoms with E-state index in [-0.39, 0.29) is 5.91 Å². The number of tetrazole rings is 1. The van der Waals surface area contributed by atoms with Gasteiger partial charge >= 0.3 is 0 Å². The molecule has 0 spiro atoms. The van der Waals surface area contributed by atoms with E-state index in [0.29, 0.717) is 18.7 Å². The molecule has 0 aliphatic carbocycles.